The van der Waals surface area contributed by atoms with Gasteiger partial charge in [-0.25, -0.2) is 0 Å². The highest BCUT2D eigenvalue weighted by molar-refractivity contribution is 9.10. The first-order chi connectivity index (χ1) is 13.1. The molecule has 0 saturated carbocycles. The van der Waals surface area contributed by atoms with Gasteiger partial charge in [0.05, 0.1) is 13.0 Å². The second kappa shape index (κ2) is 9.38. The van der Waals surface area contributed by atoms with Crippen molar-refractivity contribution < 1.29 is 14.3 Å². The molecule has 0 aliphatic carbocycles. The number of hydrogen-bond acceptors (Lipinski definition) is 4. The molecular formula is C22H26BrNO3. The zero-order valence-electron chi connectivity index (χ0n) is 15.9. The molecule has 1 heterocycles. The van der Waals surface area contributed by atoms with Crippen LogP contribution in [0.4, 0.5) is 0 Å². The molecule has 1 saturated heterocycles. The lowest BCUT2D eigenvalue weighted by Crippen LogP contribution is -2.38. The molecule has 4 nitrogen and oxygen atoms in total. The van der Waals surface area contributed by atoms with Crippen molar-refractivity contribution in [2.75, 3.05) is 20.2 Å². The van der Waals surface area contributed by atoms with Crippen LogP contribution in [0.3, 0.4) is 0 Å². The summed E-state index contributed by atoms with van der Waals surface area (Å²) >= 11 is 3.61. The maximum Gasteiger partial charge on any atom is 0.309 e. The Morgan fingerprint density at radius 3 is 2.78 bits per heavy atom. The molecule has 1 atom stereocenters. The molecule has 1 fully saturated rings. The third kappa shape index (κ3) is 5.33. The number of methoxy groups -OCH3 is 1. The Bertz CT molecular complexity index is 779. The Hall–Kier alpha value is -1.85. The number of carbonyl (C=O) groups excluding carboxylic acids is 1. The third-order valence-electron chi connectivity index (χ3n) is 4.98. The summed E-state index contributed by atoms with van der Waals surface area (Å²) < 4.78 is 12.2. The summed E-state index contributed by atoms with van der Waals surface area (Å²) in [4.78, 5) is 14.2. The van der Waals surface area contributed by atoms with Crippen molar-refractivity contribution in [3.05, 3.63) is 63.6 Å². The van der Waals surface area contributed by atoms with Crippen molar-refractivity contribution in [3.8, 4) is 5.75 Å². The van der Waals surface area contributed by atoms with Crippen molar-refractivity contribution in [3.63, 3.8) is 0 Å². The van der Waals surface area contributed by atoms with Gasteiger partial charge >= 0.3 is 5.97 Å². The van der Waals surface area contributed by atoms with Gasteiger partial charge in [0.1, 0.15) is 12.4 Å². The largest absolute Gasteiger partial charge is 0.488 e. The number of ether oxygens (including phenoxy) is 2. The minimum absolute atomic E-state index is 0.0364. The number of rotatable bonds is 6. The molecule has 0 spiro atoms. The van der Waals surface area contributed by atoms with Crippen LogP contribution in [-0.2, 0) is 22.7 Å². The van der Waals surface area contributed by atoms with Crippen LogP contribution in [0.5, 0.6) is 5.75 Å². The van der Waals surface area contributed by atoms with Crippen LogP contribution in [0, 0.1) is 12.8 Å². The standard InChI is InChI=1S/C22H26BrNO3/c1-16-11-20(23)12-19(21(16)27-15-17-7-4-3-5-8-17)14-24-10-6-9-18(13-24)22(25)26-2/h3-5,7-8,11-12,18H,6,9-10,13-15H2,1-2H3. The molecule has 2 aromatic carbocycles. The summed E-state index contributed by atoms with van der Waals surface area (Å²) in [7, 11) is 1.47. The summed E-state index contributed by atoms with van der Waals surface area (Å²) in [6.45, 7) is 5.09. The molecule has 0 bridgehead atoms. The first kappa shape index (κ1) is 19.9. The topological polar surface area (TPSA) is 38.8 Å². The zero-order chi connectivity index (χ0) is 19.2. The number of likely N-dealkylation sites (tertiary alicyclic amines) is 1. The van der Waals surface area contributed by atoms with Crippen LogP contribution in [0.2, 0.25) is 0 Å². The minimum atomic E-state index is -0.106. The number of aryl methyl sites for hydroxylation is 1. The van der Waals surface area contributed by atoms with E-state index in [1.807, 2.05) is 18.2 Å². The molecule has 3 rings (SSSR count). The van der Waals surface area contributed by atoms with E-state index in [0.29, 0.717) is 6.61 Å². The van der Waals surface area contributed by atoms with Crippen molar-refractivity contribution in [1.29, 1.82) is 0 Å². The van der Waals surface area contributed by atoms with Crippen molar-refractivity contribution in [2.45, 2.75) is 32.9 Å². The predicted octanol–water partition coefficient (Wildman–Crippen LogP) is 4.72. The Morgan fingerprint density at radius 1 is 1.26 bits per heavy atom. The monoisotopic (exact) mass is 431 g/mol. The van der Waals surface area contributed by atoms with E-state index in [9.17, 15) is 4.79 Å². The summed E-state index contributed by atoms with van der Waals surface area (Å²) in [5, 5.41) is 0. The molecule has 1 unspecified atom stereocenters. The van der Waals surface area contributed by atoms with Crippen LogP contribution < -0.4 is 4.74 Å². The molecule has 27 heavy (non-hydrogen) atoms. The van der Waals surface area contributed by atoms with Gasteiger partial charge in [-0.2, -0.15) is 0 Å². The number of piperidine rings is 1. The average molecular weight is 432 g/mol. The van der Waals surface area contributed by atoms with Gasteiger partial charge in [0.15, 0.2) is 0 Å². The van der Waals surface area contributed by atoms with Crippen LogP contribution in [0.25, 0.3) is 0 Å². The fourth-order valence-corrected chi connectivity index (χ4v) is 4.27. The van der Waals surface area contributed by atoms with Crippen LogP contribution >= 0.6 is 15.9 Å². The van der Waals surface area contributed by atoms with Gasteiger partial charge in [0.25, 0.3) is 0 Å². The number of esters is 1. The lowest BCUT2D eigenvalue weighted by molar-refractivity contribution is -0.147. The highest BCUT2D eigenvalue weighted by Crippen LogP contribution is 2.31. The van der Waals surface area contributed by atoms with Gasteiger partial charge in [-0.05, 0) is 49.6 Å². The second-order valence-electron chi connectivity index (χ2n) is 7.08. The molecule has 5 heteroatoms. The van der Waals surface area contributed by atoms with E-state index in [2.05, 4.69) is 52.0 Å². The molecule has 0 aromatic heterocycles. The highest BCUT2D eigenvalue weighted by atomic mass is 79.9. The van der Waals surface area contributed by atoms with Crippen molar-refractivity contribution >= 4 is 21.9 Å². The van der Waals surface area contributed by atoms with Crippen LogP contribution in [0.1, 0.15) is 29.5 Å². The van der Waals surface area contributed by atoms with E-state index in [4.69, 9.17) is 9.47 Å². The minimum Gasteiger partial charge on any atom is -0.488 e. The Kier molecular flexibility index (Phi) is 6.91. The summed E-state index contributed by atoms with van der Waals surface area (Å²) in [6.07, 6.45) is 1.91. The Balaban J connectivity index is 1.75. The fourth-order valence-electron chi connectivity index (χ4n) is 3.65. The maximum absolute atomic E-state index is 11.9. The Morgan fingerprint density at radius 2 is 2.04 bits per heavy atom. The normalized spacial score (nSPS) is 17.5. The smallest absolute Gasteiger partial charge is 0.309 e. The highest BCUT2D eigenvalue weighted by Gasteiger charge is 2.27. The van der Waals surface area contributed by atoms with E-state index in [1.54, 1.807) is 0 Å². The van der Waals surface area contributed by atoms with E-state index in [0.717, 1.165) is 59.4 Å². The predicted molar refractivity (Wildman–Crippen MR) is 110 cm³/mol. The van der Waals surface area contributed by atoms with Gasteiger partial charge in [-0.1, -0.05) is 46.3 Å². The van der Waals surface area contributed by atoms with Crippen LogP contribution in [0.15, 0.2) is 46.9 Å². The number of benzene rings is 2. The Labute approximate surface area is 169 Å². The maximum atomic E-state index is 11.9. The quantitative estimate of drug-likeness (QED) is 0.620. The fraction of sp³-hybridized carbons (Fsp3) is 0.409. The third-order valence-corrected chi connectivity index (χ3v) is 5.43. The number of carbonyl (C=O) groups is 1. The van der Waals surface area contributed by atoms with E-state index in [1.165, 1.54) is 7.11 Å². The van der Waals surface area contributed by atoms with Gasteiger partial charge in [-0.3, -0.25) is 9.69 Å². The number of hydrogen-bond donors (Lipinski definition) is 0. The first-order valence-electron chi connectivity index (χ1n) is 9.32. The number of nitrogens with zero attached hydrogens (tertiary/aromatic N) is 1. The molecule has 0 radical (unpaired) electrons. The molecule has 2 aromatic rings. The van der Waals surface area contributed by atoms with Gasteiger partial charge in [0.2, 0.25) is 0 Å². The average Bonchev–Trinajstić information content (AvgIpc) is 2.67. The van der Waals surface area contributed by atoms with Gasteiger partial charge in [-0.15, -0.1) is 0 Å². The zero-order valence-corrected chi connectivity index (χ0v) is 17.5. The summed E-state index contributed by atoms with van der Waals surface area (Å²) in [5.74, 6) is 0.790. The number of halogens is 1. The lowest BCUT2D eigenvalue weighted by Gasteiger charge is -2.32. The molecule has 1 aliphatic rings. The van der Waals surface area contributed by atoms with E-state index >= 15 is 0 Å². The second-order valence-corrected chi connectivity index (χ2v) is 8.00. The van der Waals surface area contributed by atoms with Crippen LogP contribution in [-0.4, -0.2) is 31.1 Å². The summed E-state index contributed by atoms with van der Waals surface area (Å²) in [5.41, 5.74) is 3.40. The molecule has 0 amide bonds. The molecule has 144 valence electrons. The molecular weight excluding hydrogens is 406 g/mol. The first-order valence-corrected chi connectivity index (χ1v) is 10.1. The lowest BCUT2D eigenvalue weighted by atomic mass is 9.97. The summed E-state index contributed by atoms with van der Waals surface area (Å²) in [6, 6.07) is 14.4. The van der Waals surface area contributed by atoms with Crippen molar-refractivity contribution in [2.24, 2.45) is 5.92 Å². The van der Waals surface area contributed by atoms with Crippen molar-refractivity contribution in [1.82, 2.24) is 4.90 Å². The molecule has 0 N–H and O–H groups in total. The molecule has 1 aliphatic heterocycles. The van der Waals surface area contributed by atoms with Gasteiger partial charge in [0, 0.05) is 23.1 Å². The van der Waals surface area contributed by atoms with Gasteiger partial charge < -0.3 is 9.47 Å². The van der Waals surface area contributed by atoms with E-state index < -0.39 is 0 Å². The SMILES string of the molecule is COC(=O)C1CCCN(Cc2cc(Br)cc(C)c2OCc2ccccc2)C1. The van der Waals surface area contributed by atoms with E-state index in [-0.39, 0.29) is 11.9 Å².